The highest BCUT2D eigenvalue weighted by Crippen LogP contribution is 2.67. The van der Waals surface area contributed by atoms with Crippen LogP contribution in [0.25, 0.3) is 11.1 Å². The molecule has 6 rings (SSSR count). The number of oxazole rings is 1. The van der Waals surface area contributed by atoms with Gasteiger partial charge in [0.25, 0.3) is 5.91 Å². The van der Waals surface area contributed by atoms with Gasteiger partial charge < -0.3 is 14.2 Å². The summed E-state index contributed by atoms with van der Waals surface area (Å²) in [6.07, 6.45) is 3.66. The van der Waals surface area contributed by atoms with E-state index in [9.17, 15) is 9.00 Å². The fraction of sp³-hybridized carbons (Fsp3) is 0.368. The summed E-state index contributed by atoms with van der Waals surface area (Å²) in [6, 6.07) is 8.53. The Bertz CT molecular complexity index is 1210. The van der Waals surface area contributed by atoms with Crippen molar-refractivity contribution in [2.75, 3.05) is 6.26 Å². The number of nitrogens with one attached hydrogen (secondary N) is 2. The van der Waals surface area contributed by atoms with E-state index in [2.05, 4.69) is 10.3 Å². The van der Waals surface area contributed by atoms with Gasteiger partial charge in [0.1, 0.15) is 11.3 Å². The maximum Gasteiger partial charge on any atom is 0.287 e. The van der Waals surface area contributed by atoms with Crippen LogP contribution in [0, 0.1) is 4.78 Å². The molecule has 1 aromatic carbocycles. The molecule has 2 heterocycles. The van der Waals surface area contributed by atoms with Gasteiger partial charge in [0.05, 0.1) is 11.2 Å². The van der Waals surface area contributed by atoms with E-state index in [-0.39, 0.29) is 28.4 Å². The standard InChI is InChI=1S/C19H18ClN3O4S/c1-28(21,25)7-12-3-5-15(26-12)16(24)23-19-8-18(9-19,10-19)17-22-13-6-11(20)2-4-14(13)27-17/h2-6,21H,7-10H2,1H3,(H,23,24). The summed E-state index contributed by atoms with van der Waals surface area (Å²) in [7, 11) is -2.71. The van der Waals surface area contributed by atoms with Crippen LogP contribution in [0.15, 0.2) is 39.2 Å². The third-order valence-electron chi connectivity index (χ3n) is 5.52. The second-order valence-electron chi connectivity index (χ2n) is 8.09. The van der Waals surface area contributed by atoms with Gasteiger partial charge in [-0.25, -0.2) is 9.19 Å². The minimum absolute atomic E-state index is 0.00370. The van der Waals surface area contributed by atoms with E-state index < -0.39 is 9.73 Å². The summed E-state index contributed by atoms with van der Waals surface area (Å²) in [5, 5.41) is 3.67. The number of benzene rings is 1. The Labute approximate surface area is 166 Å². The summed E-state index contributed by atoms with van der Waals surface area (Å²) < 4.78 is 30.4. The summed E-state index contributed by atoms with van der Waals surface area (Å²) >= 11 is 6.01. The van der Waals surface area contributed by atoms with Crippen molar-refractivity contribution >= 4 is 38.3 Å². The molecule has 0 spiro atoms. The lowest BCUT2D eigenvalue weighted by Gasteiger charge is -2.68. The fourth-order valence-corrected chi connectivity index (χ4v) is 5.29. The average Bonchev–Trinajstić information content (AvgIpc) is 3.13. The van der Waals surface area contributed by atoms with Crippen LogP contribution in [0.2, 0.25) is 5.02 Å². The number of halogens is 1. The number of amides is 1. The number of fused-ring (bicyclic) bond motifs is 1. The number of rotatable bonds is 5. The van der Waals surface area contributed by atoms with Crippen molar-refractivity contribution < 1.29 is 17.8 Å². The van der Waals surface area contributed by atoms with Crippen molar-refractivity contribution in [3.63, 3.8) is 0 Å². The fourth-order valence-electron chi connectivity index (χ4n) is 4.43. The topological polar surface area (TPSA) is 109 Å². The molecule has 9 heteroatoms. The Morgan fingerprint density at radius 2 is 2.04 bits per heavy atom. The van der Waals surface area contributed by atoms with Crippen LogP contribution in [0.5, 0.6) is 0 Å². The molecule has 0 saturated heterocycles. The number of hydrogen-bond donors (Lipinski definition) is 2. The third-order valence-corrected chi connectivity index (χ3v) is 6.59. The Balaban J connectivity index is 1.26. The molecule has 146 valence electrons. The number of furan rings is 1. The normalized spacial score (nSPS) is 27.6. The predicted molar refractivity (Wildman–Crippen MR) is 104 cm³/mol. The first-order valence-electron chi connectivity index (χ1n) is 8.85. The molecule has 7 nitrogen and oxygen atoms in total. The van der Waals surface area contributed by atoms with E-state index in [1.165, 1.54) is 6.26 Å². The first kappa shape index (κ1) is 17.8. The van der Waals surface area contributed by atoms with E-state index in [1.54, 1.807) is 24.3 Å². The van der Waals surface area contributed by atoms with Gasteiger partial charge in [0.15, 0.2) is 11.3 Å². The maximum atomic E-state index is 12.5. The lowest BCUT2D eigenvalue weighted by atomic mass is 9.39. The van der Waals surface area contributed by atoms with Gasteiger partial charge in [-0.15, -0.1) is 0 Å². The summed E-state index contributed by atoms with van der Waals surface area (Å²) in [4.78, 5) is 17.1. The molecule has 28 heavy (non-hydrogen) atoms. The van der Waals surface area contributed by atoms with Crippen LogP contribution in [0.4, 0.5) is 0 Å². The van der Waals surface area contributed by atoms with Crippen molar-refractivity contribution in [2.24, 2.45) is 0 Å². The molecule has 1 amide bonds. The van der Waals surface area contributed by atoms with Crippen molar-refractivity contribution in [1.82, 2.24) is 10.3 Å². The van der Waals surface area contributed by atoms with Crippen LogP contribution >= 0.6 is 11.6 Å². The number of hydrogen-bond acceptors (Lipinski definition) is 6. The Morgan fingerprint density at radius 1 is 1.29 bits per heavy atom. The van der Waals surface area contributed by atoms with Crippen molar-refractivity contribution in [1.29, 1.82) is 4.78 Å². The SMILES string of the molecule is CS(=N)(=O)Cc1ccc(C(=O)NC23CC(c4nc5cc(Cl)ccc5o4)(C2)C3)o1. The molecule has 0 radical (unpaired) electrons. The average molecular weight is 420 g/mol. The summed E-state index contributed by atoms with van der Waals surface area (Å²) in [5.74, 6) is 0.961. The minimum atomic E-state index is -2.71. The van der Waals surface area contributed by atoms with Gasteiger partial charge in [-0.3, -0.25) is 9.57 Å². The van der Waals surface area contributed by atoms with Gasteiger partial charge in [-0.05, 0) is 49.6 Å². The molecule has 2 bridgehead atoms. The van der Waals surface area contributed by atoms with Gasteiger partial charge in [0.2, 0.25) is 5.89 Å². The van der Waals surface area contributed by atoms with E-state index in [1.807, 2.05) is 6.07 Å². The molecule has 1 unspecified atom stereocenters. The maximum absolute atomic E-state index is 12.5. The third kappa shape index (κ3) is 2.82. The highest BCUT2D eigenvalue weighted by molar-refractivity contribution is 7.90. The van der Waals surface area contributed by atoms with E-state index in [0.29, 0.717) is 22.3 Å². The monoisotopic (exact) mass is 419 g/mol. The molecule has 3 saturated carbocycles. The second-order valence-corrected chi connectivity index (χ2v) is 10.8. The van der Waals surface area contributed by atoms with Gasteiger partial charge in [-0.2, -0.15) is 0 Å². The molecule has 2 aromatic heterocycles. The van der Waals surface area contributed by atoms with Gasteiger partial charge >= 0.3 is 0 Å². The molecule has 3 aliphatic carbocycles. The van der Waals surface area contributed by atoms with E-state index in [0.717, 1.165) is 24.8 Å². The van der Waals surface area contributed by atoms with Gasteiger partial charge in [0, 0.05) is 26.5 Å². The largest absolute Gasteiger partial charge is 0.455 e. The Hall–Kier alpha value is -2.32. The summed E-state index contributed by atoms with van der Waals surface area (Å²) in [6.45, 7) is 0. The van der Waals surface area contributed by atoms with Crippen molar-refractivity contribution in [3.8, 4) is 0 Å². The van der Waals surface area contributed by atoms with E-state index >= 15 is 0 Å². The predicted octanol–water partition coefficient (Wildman–Crippen LogP) is 3.85. The molecule has 3 fully saturated rings. The molecule has 3 aromatic rings. The molecule has 2 N–H and O–H groups in total. The highest BCUT2D eigenvalue weighted by Gasteiger charge is 2.71. The molecule has 1 atom stereocenters. The number of nitrogens with zero attached hydrogens (tertiary/aromatic N) is 1. The number of aromatic nitrogens is 1. The number of carbonyl (C=O) groups is 1. The molecule has 3 aliphatic rings. The highest BCUT2D eigenvalue weighted by atomic mass is 35.5. The van der Waals surface area contributed by atoms with Gasteiger partial charge in [-0.1, -0.05) is 11.6 Å². The zero-order valence-corrected chi connectivity index (χ0v) is 16.7. The molecule has 0 aliphatic heterocycles. The van der Waals surface area contributed by atoms with Crippen molar-refractivity contribution in [2.45, 2.75) is 36.0 Å². The summed E-state index contributed by atoms with van der Waals surface area (Å²) in [5.41, 5.74) is 1.09. The van der Waals surface area contributed by atoms with Crippen molar-refractivity contribution in [3.05, 3.63) is 52.8 Å². The second kappa shape index (κ2) is 5.61. The quantitative estimate of drug-likeness (QED) is 0.652. The molecular weight excluding hydrogens is 402 g/mol. The lowest BCUT2D eigenvalue weighted by molar-refractivity contribution is -0.0958. The zero-order chi connectivity index (χ0) is 19.7. The van der Waals surface area contributed by atoms with Crippen LogP contribution in [-0.2, 0) is 20.9 Å². The molecular formula is C19H18ClN3O4S. The van der Waals surface area contributed by atoms with Crippen LogP contribution in [0.3, 0.4) is 0 Å². The van der Waals surface area contributed by atoms with Crippen LogP contribution < -0.4 is 5.32 Å². The zero-order valence-electron chi connectivity index (χ0n) is 15.1. The Morgan fingerprint density at radius 3 is 2.75 bits per heavy atom. The number of carbonyl (C=O) groups excluding carboxylic acids is 1. The smallest absolute Gasteiger partial charge is 0.287 e. The van der Waals surface area contributed by atoms with Crippen LogP contribution in [-0.4, -0.2) is 26.9 Å². The lowest BCUT2D eigenvalue weighted by Crippen LogP contribution is -2.76. The first-order chi connectivity index (χ1) is 13.2. The minimum Gasteiger partial charge on any atom is -0.455 e. The van der Waals surface area contributed by atoms with Crippen LogP contribution in [0.1, 0.15) is 41.5 Å². The first-order valence-corrected chi connectivity index (χ1v) is 11.4. The van der Waals surface area contributed by atoms with E-state index in [4.69, 9.17) is 25.2 Å². The Kier molecular flexibility index (Phi) is 3.56.